The number of piperidine rings is 8. The molecule has 0 radical (unpaired) electrons. The molecular formula is C108H212F2N18. The molecule has 5 aromatic rings. The van der Waals surface area contributed by atoms with Crippen molar-refractivity contribution in [2.24, 2.45) is 35.0 Å². The van der Waals surface area contributed by atoms with E-state index in [2.05, 4.69) is 328 Å². The Hall–Kier alpha value is -4.41. The topological polar surface area (TPSA) is 115 Å². The van der Waals surface area contributed by atoms with Crippen molar-refractivity contribution >= 4 is 0 Å². The molecule has 18 nitrogen and oxygen atoms in total. The maximum absolute atomic E-state index is 13.4. The van der Waals surface area contributed by atoms with Gasteiger partial charge in [0, 0.05) is 162 Å². The van der Waals surface area contributed by atoms with Crippen molar-refractivity contribution in [3.63, 3.8) is 0 Å². The zero-order valence-corrected chi connectivity index (χ0v) is 91.6. The first-order chi connectivity index (χ1) is 59.5. The van der Waals surface area contributed by atoms with Crippen LogP contribution in [-0.4, -0.2) is 252 Å². The van der Waals surface area contributed by atoms with Crippen molar-refractivity contribution < 1.29 is 8.78 Å². The minimum atomic E-state index is -0.942. The lowest BCUT2D eigenvalue weighted by molar-refractivity contribution is 0.0435. The molecule has 0 spiro atoms. The van der Waals surface area contributed by atoms with Crippen LogP contribution in [0.4, 0.5) is 8.78 Å². The van der Waals surface area contributed by atoms with Crippen LogP contribution in [0.1, 0.15) is 403 Å². The average molecular weight is 1800 g/mol. The number of aryl methyl sites for hydroxylation is 5. The molecule has 8 saturated heterocycles. The molecule has 20 heteroatoms. The van der Waals surface area contributed by atoms with Gasteiger partial charge in [0.15, 0.2) is 0 Å². The fourth-order valence-corrected chi connectivity index (χ4v) is 16.8. The van der Waals surface area contributed by atoms with E-state index in [-0.39, 0.29) is 0 Å². The highest BCUT2D eigenvalue weighted by Crippen LogP contribution is 2.32. The first-order valence-electron chi connectivity index (χ1n) is 51.9. The van der Waals surface area contributed by atoms with Gasteiger partial charge in [-0.15, -0.1) is 5.10 Å². The van der Waals surface area contributed by atoms with Crippen LogP contribution in [0.25, 0.3) is 0 Å². The smallest absolute Gasteiger partial charge is 0.120 e. The van der Waals surface area contributed by atoms with E-state index in [0.717, 1.165) is 115 Å². The Kier molecular flexibility index (Phi) is 60.6. The van der Waals surface area contributed by atoms with E-state index in [4.69, 9.17) is 0 Å². The van der Waals surface area contributed by atoms with E-state index in [1.165, 1.54) is 167 Å². The summed E-state index contributed by atoms with van der Waals surface area (Å²) in [5, 5.41) is 16.1. The van der Waals surface area contributed by atoms with Crippen molar-refractivity contribution in [3.8, 4) is 0 Å². The third-order valence-electron chi connectivity index (χ3n) is 26.6. The van der Waals surface area contributed by atoms with Gasteiger partial charge in [0.25, 0.3) is 0 Å². The minimum Gasteiger partial charge on any atom is -0.352 e. The second-order valence-electron chi connectivity index (χ2n) is 44.9. The number of rotatable bonds is 13. The summed E-state index contributed by atoms with van der Waals surface area (Å²) >= 11 is 0. The molecule has 748 valence electrons. The number of alkyl halides is 2. The lowest BCUT2D eigenvalue weighted by atomic mass is 9.82. The van der Waals surface area contributed by atoms with Gasteiger partial charge in [-0.2, -0.15) is 10.2 Å². The van der Waals surface area contributed by atoms with Crippen molar-refractivity contribution in [2.45, 2.75) is 470 Å². The van der Waals surface area contributed by atoms with E-state index in [9.17, 15) is 8.78 Å². The fourth-order valence-electron chi connectivity index (χ4n) is 16.8. The number of halogens is 2. The second kappa shape index (κ2) is 63.8. The van der Waals surface area contributed by atoms with Crippen LogP contribution in [0.3, 0.4) is 0 Å². The van der Waals surface area contributed by atoms with Crippen LogP contribution >= 0.6 is 0 Å². The second-order valence-corrected chi connectivity index (χ2v) is 44.9. The molecule has 0 N–H and O–H groups in total. The van der Waals surface area contributed by atoms with Gasteiger partial charge in [-0.25, -0.2) is 18.4 Å². The number of imidazole rings is 1. The molecule has 8 aliphatic rings. The summed E-state index contributed by atoms with van der Waals surface area (Å²) in [5.74, 6) is 4.68. The van der Waals surface area contributed by atoms with Gasteiger partial charge in [0.1, 0.15) is 11.3 Å². The lowest BCUT2D eigenvalue weighted by Gasteiger charge is -2.38. The van der Waals surface area contributed by atoms with Gasteiger partial charge < -0.3 is 43.4 Å². The molecule has 0 saturated carbocycles. The molecular weight excluding hydrogens is 1590 g/mol. The Bertz CT molecular complexity index is 3050. The highest BCUT2D eigenvalue weighted by molar-refractivity contribution is 5.08. The molecule has 8 fully saturated rings. The SMILES string of the molecule is CC(C)N1CCC(C)(C)CC1.CC(C)N1CCC(C)(F)CC1.CC(C)N1CCCC(C)(F)C1.CC(C)N1CCC[C@@H](C)C1.CC(C)N1CCC[C@@H](C)C1.CC(C)N1CCC[C@H](C)C1.CC(C)N1CCC[C@H](C)C1.CC1CCN(C(C)C)CC1.Cc1ccn(C(C)C)c1.Cc1ccn(C(C)C)n1.Cc1cn(C(C)C)cn1.Cc1cn(C(C)C)nn1.Cc1cnn(C(C)C)c1. The van der Waals surface area contributed by atoms with Crippen LogP contribution < -0.4 is 0 Å². The van der Waals surface area contributed by atoms with Crippen LogP contribution in [0.5, 0.6) is 0 Å². The monoisotopic (exact) mass is 1800 g/mol. The molecule has 5 atom stereocenters. The van der Waals surface area contributed by atoms with Gasteiger partial charge in [-0.1, -0.05) is 53.7 Å². The first-order valence-corrected chi connectivity index (χ1v) is 51.9. The third-order valence-corrected chi connectivity index (χ3v) is 26.6. The molecule has 0 aromatic carbocycles. The Balaban J connectivity index is 0.000000694. The van der Waals surface area contributed by atoms with E-state index in [0.29, 0.717) is 67.1 Å². The molecule has 1 unspecified atom stereocenters. The number of aromatic nitrogens is 10. The molecule has 13 rings (SSSR count). The average Bonchev–Trinajstić information content (AvgIpc) is 1.26. The maximum atomic E-state index is 13.4. The van der Waals surface area contributed by atoms with Crippen molar-refractivity contribution in [1.82, 2.24) is 87.9 Å². The number of nitrogens with zero attached hydrogens (tertiary/aromatic N) is 18. The number of hydrogen-bond donors (Lipinski definition) is 0. The van der Waals surface area contributed by atoms with Gasteiger partial charge >= 0.3 is 0 Å². The van der Waals surface area contributed by atoms with Gasteiger partial charge in [-0.05, 0) is 448 Å². The Morgan fingerprint density at radius 1 is 0.312 bits per heavy atom. The molecule has 8 aliphatic heterocycles. The highest BCUT2D eigenvalue weighted by Gasteiger charge is 2.33. The van der Waals surface area contributed by atoms with E-state index in [1.54, 1.807) is 13.8 Å². The Morgan fingerprint density at radius 2 is 0.688 bits per heavy atom. The van der Waals surface area contributed by atoms with E-state index in [1.807, 2.05) is 85.1 Å². The fraction of sp³-hybridized carbons (Fsp3) is 0.861. The highest BCUT2D eigenvalue weighted by atomic mass is 19.1. The molecule has 13 heterocycles. The molecule has 0 amide bonds. The number of hydrogen-bond acceptors (Lipinski definition) is 13. The van der Waals surface area contributed by atoms with Crippen molar-refractivity contribution in [3.05, 3.63) is 90.0 Å². The minimum absolute atomic E-state index is 0.422. The summed E-state index contributed by atoms with van der Waals surface area (Å²) < 4.78 is 36.8. The zero-order chi connectivity index (χ0) is 97.5. The maximum Gasteiger partial charge on any atom is 0.120 e. The normalized spacial score (nSPS) is 22.2. The molecule has 5 aromatic heterocycles. The summed E-state index contributed by atoms with van der Waals surface area (Å²) in [7, 11) is 0. The summed E-state index contributed by atoms with van der Waals surface area (Å²) in [6.07, 6.45) is 36.0. The van der Waals surface area contributed by atoms with E-state index < -0.39 is 11.3 Å². The molecule has 128 heavy (non-hydrogen) atoms. The first kappa shape index (κ1) is 122. The predicted octanol–water partition coefficient (Wildman–Crippen LogP) is 26.5. The summed E-state index contributed by atoms with van der Waals surface area (Å²) in [6.45, 7) is 107. The van der Waals surface area contributed by atoms with Crippen molar-refractivity contribution in [2.75, 3.05) is 105 Å². The quantitative estimate of drug-likeness (QED) is 0.112. The zero-order valence-electron chi connectivity index (χ0n) is 91.6. The van der Waals surface area contributed by atoms with Crippen molar-refractivity contribution in [1.29, 1.82) is 0 Å². The lowest BCUT2D eigenvalue weighted by Crippen LogP contribution is -2.46. The standard InChI is InChI=1S/C10H21N.2C9H18FN.5C9H19N.C8H13N.3C7H12N2.C6H11N3/c1-9(2)11-7-5-10(3,4)6-8-11;1-8(2)11-6-4-9(3,10)5-7-11;1-8(2)11-6-4-5-9(3,10)7-11;1-8(2)10-6-4-9(3)5-7-10;4*1-8(2)10-6-4-5-9(3)7-10;1-7(2)9-5-4-8(3)6-9;1-6(2)9-4-7(3)8-5-9;1-6(2)9-5-7(3)4-8-9;1-6(2)9-5-4-7(3)8-9;1-5(2)9-4-6(3)7-8-9/h9H,5-8H2,1-4H3;2*8H,4-7H2,1-3H3;5*8-9H,4-7H2,1-3H3;4-7H,1-3H3;3*4-6H,1-3H3;4-5H,1-3H3/t;;;;4*9-;;;;;/m....1100...../s1. The van der Waals surface area contributed by atoms with Crippen LogP contribution in [0.15, 0.2) is 61.8 Å². The number of likely N-dealkylation sites (tertiary alicyclic amines) is 8. The summed E-state index contributed by atoms with van der Waals surface area (Å²) in [6, 6.07) is 12.2. The van der Waals surface area contributed by atoms with E-state index >= 15 is 0 Å². The molecule has 0 aliphatic carbocycles. The Labute approximate surface area is 791 Å². The largest absolute Gasteiger partial charge is 0.352 e. The molecule has 0 bridgehead atoms. The predicted molar refractivity (Wildman–Crippen MR) is 553 cm³/mol. The van der Waals surface area contributed by atoms with Crippen LogP contribution in [-0.2, 0) is 0 Å². The summed E-state index contributed by atoms with van der Waals surface area (Å²) in [4.78, 5) is 24.1. The van der Waals surface area contributed by atoms with Crippen LogP contribution in [0, 0.1) is 69.6 Å². The third kappa shape index (κ3) is 55.4. The Morgan fingerprint density at radius 3 is 0.914 bits per heavy atom. The van der Waals surface area contributed by atoms with Crippen LogP contribution in [0.2, 0.25) is 0 Å². The van der Waals surface area contributed by atoms with Gasteiger partial charge in [0.2, 0.25) is 0 Å². The summed E-state index contributed by atoms with van der Waals surface area (Å²) in [5.41, 5.74) is 4.47. The van der Waals surface area contributed by atoms with Gasteiger partial charge in [-0.3, -0.25) is 14.3 Å². The van der Waals surface area contributed by atoms with Gasteiger partial charge in [0.05, 0.1) is 29.6 Å².